The molecule has 0 aliphatic rings. The van der Waals surface area contributed by atoms with Gasteiger partial charge in [-0.3, -0.25) is 0 Å². The van der Waals surface area contributed by atoms with Gasteiger partial charge in [-0.25, -0.2) is 4.39 Å². The van der Waals surface area contributed by atoms with Crippen LogP contribution in [0.5, 0.6) is 0 Å². The van der Waals surface area contributed by atoms with E-state index in [0.29, 0.717) is 12.1 Å². The lowest BCUT2D eigenvalue weighted by Gasteiger charge is -2.08. The number of rotatable bonds is 5. The highest BCUT2D eigenvalue weighted by Gasteiger charge is 1.97. The molecule has 0 aromatic heterocycles. The van der Waals surface area contributed by atoms with E-state index in [1.165, 1.54) is 12.1 Å². The van der Waals surface area contributed by atoms with E-state index in [2.05, 4.69) is 5.32 Å². The summed E-state index contributed by atoms with van der Waals surface area (Å²) in [6.45, 7) is 0.583. The van der Waals surface area contributed by atoms with E-state index in [4.69, 9.17) is 0 Å². The Balaban J connectivity index is 1.92. The number of carbonyl (C=O) groups excluding carboxylic acids is 1. The minimum atomic E-state index is -1.09. The molecule has 0 unspecified atom stereocenters. The van der Waals surface area contributed by atoms with E-state index in [-0.39, 0.29) is 12.2 Å². The molecule has 0 spiro atoms. The second kappa shape index (κ2) is 6.00. The molecule has 0 radical (unpaired) electrons. The number of hydrogen-bond donors (Lipinski definition) is 1. The van der Waals surface area contributed by atoms with Gasteiger partial charge in [0, 0.05) is 24.6 Å². The first-order valence-corrected chi connectivity index (χ1v) is 5.90. The Hall–Kier alpha value is -2.36. The van der Waals surface area contributed by atoms with Crippen molar-refractivity contribution in [3.63, 3.8) is 0 Å². The number of carboxylic acids is 1. The molecule has 2 aromatic carbocycles. The third-order valence-electron chi connectivity index (χ3n) is 2.71. The predicted octanol–water partition coefficient (Wildman–Crippen LogP) is 1.73. The van der Waals surface area contributed by atoms with Gasteiger partial charge in [0.25, 0.3) is 0 Å². The van der Waals surface area contributed by atoms with Gasteiger partial charge in [-0.15, -0.1) is 0 Å². The molecule has 19 heavy (non-hydrogen) atoms. The molecule has 0 saturated carbocycles. The summed E-state index contributed by atoms with van der Waals surface area (Å²) in [5, 5.41) is 13.6. The normalized spacial score (nSPS) is 10.2. The molecule has 0 heterocycles. The maximum atomic E-state index is 12.7. The van der Waals surface area contributed by atoms with Crippen LogP contribution in [0.2, 0.25) is 0 Å². The van der Waals surface area contributed by atoms with Crippen molar-refractivity contribution in [3.05, 3.63) is 65.5 Å². The molecule has 0 saturated heterocycles. The van der Waals surface area contributed by atoms with E-state index in [1.54, 1.807) is 24.3 Å². The molecule has 1 N–H and O–H groups in total. The fourth-order valence-corrected chi connectivity index (χ4v) is 1.71. The lowest BCUT2D eigenvalue weighted by molar-refractivity contribution is -0.304. The average molecular weight is 258 g/mol. The molecule has 0 fully saturated rings. The maximum Gasteiger partial charge on any atom is 0.123 e. The van der Waals surface area contributed by atoms with E-state index in [1.807, 2.05) is 12.1 Å². The van der Waals surface area contributed by atoms with E-state index in [9.17, 15) is 14.3 Å². The van der Waals surface area contributed by atoms with Gasteiger partial charge in [0.15, 0.2) is 0 Å². The summed E-state index contributed by atoms with van der Waals surface area (Å²) in [5.74, 6) is -1.34. The minimum Gasteiger partial charge on any atom is -0.550 e. The Morgan fingerprint density at radius 3 is 2.16 bits per heavy atom. The Labute approximate surface area is 110 Å². The van der Waals surface area contributed by atoms with Gasteiger partial charge in [0.1, 0.15) is 5.82 Å². The maximum absolute atomic E-state index is 12.7. The zero-order chi connectivity index (χ0) is 13.7. The largest absolute Gasteiger partial charge is 0.550 e. The van der Waals surface area contributed by atoms with Crippen LogP contribution in [-0.4, -0.2) is 5.97 Å². The average Bonchev–Trinajstić information content (AvgIpc) is 2.39. The summed E-state index contributed by atoms with van der Waals surface area (Å²) in [5.41, 5.74) is 2.55. The summed E-state index contributed by atoms with van der Waals surface area (Å²) in [6.07, 6.45) is -0.0851. The second-order valence-electron chi connectivity index (χ2n) is 4.23. The van der Waals surface area contributed by atoms with Gasteiger partial charge in [0.2, 0.25) is 0 Å². The lowest BCUT2D eigenvalue weighted by atomic mass is 10.1. The van der Waals surface area contributed by atoms with Crippen molar-refractivity contribution in [2.45, 2.75) is 13.0 Å². The van der Waals surface area contributed by atoms with E-state index >= 15 is 0 Å². The molecule has 4 heteroatoms. The van der Waals surface area contributed by atoms with Crippen LogP contribution in [0.4, 0.5) is 10.1 Å². The quantitative estimate of drug-likeness (QED) is 0.888. The summed E-state index contributed by atoms with van der Waals surface area (Å²) in [6, 6.07) is 13.4. The van der Waals surface area contributed by atoms with Crippen molar-refractivity contribution in [2.75, 3.05) is 5.32 Å². The molecule has 0 aliphatic carbocycles. The third-order valence-corrected chi connectivity index (χ3v) is 2.71. The zero-order valence-corrected chi connectivity index (χ0v) is 10.2. The number of benzene rings is 2. The van der Waals surface area contributed by atoms with Gasteiger partial charge >= 0.3 is 0 Å². The summed E-state index contributed by atoms with van der Waals surface area (Å²) in [4.78, 5) is 10.4. The third kappa shape index (κ3) is 4.10. The van der Waals surface area contributed by atoms with Crippen LogP contribution in [0.3, 0.4) is 0 Å². The van der Waals surface area contributed by atoms with E-state index in [0.717, 1.165) is 11.3 Å². The molecular weight excluding hydrogens is 245 g/mol. The van der Waals surface area contributed by atoms with Gasteiger partial charge in [0.05, 0.1) is 0 Å². The Morgan fingerprint density at radius 1 is 1.00 bits per heavy atom. The first kappa shape index (κ1) is 13.1. The minimum absolute atomic E-state index is 0.0851. The number of carboxylic acid groups (broad SMARTS) is 1. The van der Waals surface area contributed by atoms with Gasteiger partial charge in [-0.2, -0.15) is 0 Å². The number of nitrogens with one attached hydrogen (secondary N) is 1. The Morgan fingerprint density at radius 2 is 1.58 bits per heavy atom. The van der Waals surface area contributed by atoms with Gasteiger partial charge in [-0.1, -0.05) is 24.3 Å². The molecule has 2 rings (SSSR count). The van der Waals surface area contributed by atoms with Crippen LogP contribution in [0, 0.1) is 5.82 Å². The highest BCUT2D eigenvalue weighted by atomic mass is 19.1. The van der Waals surface area contributed by atoms with Crippen molar-refractivity contribution in [1.82, 2.24) is 0 Å². The van der Waals surface area contributed by atoms with Crippen molar-refractivity contribution in [3.8, 4) is 0 Å². The number of carbonyl (C=O) groups is 1. The molecule has 0 amide bonds. The smallest absolute Gasteiger partial charge is 0.123 e. The van der Waals surface area contributed by atoms with Crippen LogP contribution < -0.4 is 10.4 Å². The van der Waals surface area contributed by atoms with Gasteiger partial charge in [-0.05, 0) is 35.4 Å². The number of hydrogen-bond acceptors (Lipinski definition) is 3. The van der Waals surface area contributed by atoms with Crippen molar-refractivity contribution >= 4 is 11.7 Å². The van der Waals surface area contributed by atoms with Crippen molar-refractivity contribution in [1.29, 1.82) is 0 Å². The summed E-state index contributed by atoms with van der Waals surface area (Å²) in [7, 11) is 0. The number of anilines is 1. The Kier molecular flexibility index (Phi) is 4.13. The standard InChI is InChI=1S/C15H14FNO2/c16-13-5-1-12(2-6-13)10-17-14-7-3-11(4-8-14)9-15(18)19/h1-8,17H,9-10H2,(H,18,19)/p-1. The van der Waals surface area contributed by atoms with Crippen LogP contribution in [0.25, 0.3) is 0 Å². The van der Waals surface area contributed by atoms with E-state index < -0.39 is 5.97 Å². The fourth-order valence-electron chi connectivity index (χ4n) is 1.71. The van der Waals surface area contributed by atoms with Crippen LogP contribution in [0.1, 0.15) is 11.1 Å². The summed E-state index contributed by atoms with van der Waals surface area (Å²) >= 11 is 0. The molecule has 0 atom stereocenters. The van der Waals surface area contributed by atoms with Gasteiger partial charge < -0.3 is 15.2 Å². The van der Waals surface area contributed by atoms with Crippen LogP contribution in [0.15, 0.2) is 48.5 Å². The lowest BCUT2D eigenvalue weighted by Crippen LogP contribution is -2.24. The first-order chi connectivity index (χ1) is 9.13. The Bertz CT molecular complexity index is 549. The first-order valence-electron chi connectivity index (χ1n) is 5.90. The zero-order valence-electron chi connectivity index (χ0n) is 10.2. The van der Waals surface area contributed by atoms with Crippen molar-refractivity contribution < 1.29 is 14.3 Å². The molecular formula is C15H13FNO2-. The predicted molar refractivity (Wildman–Crippen MR) is 68.9 cm³/mol. The van der Waals surface area contributed by atoms with Crippen LogP contribution >= 0.6 is 0 Å². The molecule has 98 valence electrons. The fraction of sp³-hybridized carbons (Fsp3) is 0.133. The van der Waals surface area contributed by atoms with Crippen LogP contribution in [-0.2, 0) is 17.8 Å². The molecule has 3 nitrogen and oxygen atoms in total. The highest BCUT2D eigenvalue weighted by Crippen LogP contribution is 2.12. The SMILES string of the molecule is O=C([O-])Cc1ccc(NCc2ccc(F)cc2)cc1. The topological polar surface area (TPSA) is 52.2 Å². The molecule has 0 aliphatic heterocycles. The second-order valence-corrected chi connectivity index (χ2v) is 4.23. The number of aliphatic carboxylic acids is 1. The monoisotopic (exact) mass is 258 g/mol. The number of halogens is 1. The van der Waals surface area contributed by atoms with Crippen molar-refractivity contribution in [2.24, 2.45) is 0 Å². The highest BCUT2D eigenvalue weighted by molar-refractivity contribution is 5.68. The summed E-state index contributed by atoms with van der Waals surface area (Å²) < 4.78 is 12.7. The molecule has 0 bridgehead atoms. The molecule has 2 aromatic rings.